The molecule has 2 aliphatic rings. The molecule has 6 unspecified atom stereocenters. The first-order valence-corrected chi connectivity index (χ1v) is 19.0. The zero-order chi connectivity index (χ0) is 41.9. The van der Waals surface area contributed by atoms with Crippen LogP contribution in [0, 0.1) is 28.6 Å². The summed E-state index contributed by atoms with van der Waals surface area (Å²) in [5.74, 6) is -1.06. The number of hydrogen-bond donors (Lipinski definition) is 7. The molecule has 6 atom stereocenters. The van der Waals surface area contributed by atoms with Crippen molar-refractivity contribution < 1.29 is 42.9 Å². The molecule has 0 spiro atoms. The van der Waals surface area contributed by atoms with Gasteiger partial charge in [0, 0.05) is 43.0 Å². The van der Waals surface area contributed by atoms with Gasteiger partial charge in [-0.25, -0.2) is 24.2 Å². The highest BCUT2D eigenvalue weighted by Gasteiger charge is 2.43. The van der Waals surface area contributed by atoms with Gasteiger partial charge in [-0.2, -0.15) is 0 Å². The Balaban J connectivity index is 1.42. The quantitative estimate of drug-likeness (QED) is 0.0419. The summed E-state index contributed by atoms with van der Waals surface area (Å²) >= 11 is 0. The number of amides is 5. The van der Waals surface area contributed by atoms with Crippen LogP contribution in [0.2, 0.25) is 0 Å². The molecule has 56 heavy (non-hydrogen) atoms. The molecule has 1 aromatic heterocycles. The lowest BCUT2D eigenvalue weighted by Crippen LogP contribution is -2.54. The number of aromatic nitrogens is 2. The fourth-order valence-electron chi connectivity index (χ4n) is 8.54. The molecule has 5 amide bonds. The van der Waals surface area contributed by atoms with E-state index in [-0.39, 0.29) is 65.1 Å². The van der Waals surface area contributed by atoms with Crippen LogP contribution >= 0.6 is 0 Å². The SMILES string of the molecule is C=CC(=O)OCCOC(=O)NCC1(C)CC(NC(=O)C(N)OC(C)COC(=O)NCC2(C)CC(NC(=O)Nc3nc(C)cc(=O)[nH]3)CC(C)(C)C2)CC(C)(C)C1. The third kappa shape index (κ3) is 15.8. The smallest absolute Gasteiger partial charge is 0.407 e. The van der Waals surface area contributed by atoms with Gasteiger partial charge in [-0.05, 0) is 74.0 Å². The van der Waals surface area contributed by atoms with Crippen LogP contribution in [0.5, 0.6) is 0 Å². The number of aromatic amines is 1. The molecular formula is C38H62N8O10. The number of nitrogens with one attached hydrogen (secondary N) is 6. The molecule has 0 radical (unpaired) electrons. The molecule has 8 N–H and O–H groups in total. The number of nitrogens with zero attached hydrogens (tertiary/aromatic N) is 1. The zero-order valence-electron chi connectivity index (χ0n) is 34.1. The van der Waals surface area contributed by atoms with E-state index in [0.717, 1.165) is 18.9 Å². The number of ether oxygens (including phenoxy) is 4. The summed E-state index contributed by atoms with van der Waals surface area (Å²) in [5.41, 5.74) is 5.17. The van der Waals surface area contributed by atoms with Gasteiger partial charge in [-0.3, -0.25) is 25.6 Å². The van der Waals surface area contributed by atoms with E-state index in [1.807, 2.05) is 13.8 Å². The van der Waals surface area contributed by atoms with Gasteiger partial charge in [0.2, 0.25) is 5.95 Å². The number of hydrogen-bond acceptors (Lipinski definition) is 12. The van der Waals surface area contributed by atoms with Gasteiger partial charge in [-0.15, -0.1) is 0 Å². The van der Waals surface area contributed by atoms with Crippen LogP contribution in [0.25, 0.3) is 0 Å². The molecule has 0 bridgehead atoms. The van der Waals surface area contributed by atoms with Crippen molar-refractivity contribution in [3.05, 3.63) is 34.8 Å². The fourth-order valence-corrected chi connectivity index (χ4v) is 8.54. The van der Waals surface area contributed by atoms with Crippen LogP contribution in [-0.4, -0.2) is 97.4 Å². The minimum atomic E-state index is -1.32. The summed E-state index contributed by atoms with van der Waals surface area (Å²) in [7, 11) is 0. The third-order valence-corrected chi connectivity index (χ3v) is 9.80. The van der Waals surface area contributed by atoms with Gasteiger partial charge in [0.15, 0.2) is 6.23 Å². The number of carbonyl (C=O) groups excluding carboxylic acids is 5. The standard InChI is InChI=1S/C38H62N8O10/c1-10-28(48)53-11-12-54-33(51)40-21-37(8)16-25(14-35(4,5)19-37)43-30(49)29(39)56-24(3)18-55-34(52)41-22-38(9)17-26(15-36(6,7)20-38)44-32(50)46-31-42-23(2)13-27(47)45-31/h10,13,24-26,29H,1,11-12,14-22,39H2,2-9H3,(H,40,51)(H,41,52)(H,43,49)(H3,42,44,45,46,47,50). The fraction of sp³-hybridized carbons (Fsp3) is 0.711. The number of aryl methyl sites for hydroxylation is 1. The number of urea groups is 1. The average molecular weight is 791 g/mol. The number of rotatable bonds is 16. The molecule has 0 saturated heterocycles. The molecule has 2 fully saturated rings. The normalized spacial score (nSPS) is 24.9. The van der Waals surface area contributed by atoms with Gasteiger partial charge in [0.05, 0.1) is 6.10 Å². The van der Waals surface area contributed by atoms with Gasteiger partial charge in [0.25, 0.3) is 11.5 Å². The lowest BCUT2D eigenvalue weighted by atomic mass is 9.62. The van der Waals surface area contributed by atoms with Crippen molar-refractivity contribution in [1.29, 1.82) is 0 Å². The van der Waals surface area contributed by atoms with E-state index >= 15 is 0 Å². The molecule has 2 saturated carbocycles. The van der Waals surface area contributed by atoms with E-state index in [4.69, 9.17) is 24.7 Å². The molecule has 0 aliphatic heterocycles. The third-order valence-electron chi connectivity index (χ3n) is 9.80. The predicted molar refractivity (Wildman–Crippen MR) is 207 cm³/mol. The maximum Gasteiger partial charge on any atom is 0.407 e. The van der Waals surface area contributed by atoms with Crippen molar-refractivity contribution in [2.45, 2.75) is 118 Å². The Kier molecular flexibility index (Phi) is 15.9. The first kappa shape index (κ1) is 45.7. The van der Waals surface area contributed by atoms with Gasteiger partial charge in [-0.1, -0.05) is 48.1 Å². The Bertz CT molecular complexity index is 1630. The first-order valence-electron chi connectivity index (χ1n) is 19.0. The number of carbonyl (C=O) groups is 5. The topological polar surface area (TPSA) is 254 Å². The summed E-state index contributed by atoms with van der Waals surface area (Å²) in [6.45, 7) is 19.3. The Labute approximate surface area is 328 Å². The van der Waals surface area contributed by atoms with Crippen LogP contribution in [0.4, 0.5) is 20.3 Å². The Morgan fingerprint density at radius 2 is 1.43 bits per heavy atom. The van der Waals surface area contributed by atoms with Crippen molar-refractivity contribution in [3.8, 4) is 0 Å². The monoisotopic (exact) mass is 790 g/mol. The average Bonchev–Trinajstić information content (AvgIpc) is 3.05. The second kappa shape index (κ2) is 19.4. The Hall–Kier alpha value is -4.71. The second-order valence-corrected chi connectivity index (χ2v) is 17.5. The Morgan fingerprint density at radius 1 is 0.893 bits per heavy atom. The molecular weight excluding hydrogens is 728 g/mol. The van der Waals surface area contributed by atoms with E-state index in [0.29, 0.717) is 44.5 Å². The van der Waals surface area contributed by atoms with Crippen LogP contribution < -0.4 is 37.9 Å². The molecule has 314 valence electrons. The van der Waals surface area contributed by atoms with Crippen molar-refractivity contribution in [1.82, 2.24) is 31.2 Å². The predicted octanol–water partition coefficient (Wildman–Crippen LogP) is 3.36. The van der Waals surface area contributed by atoms with Gasteiger partial charge in [0.1, 0.15) is 19.8 Å². The molecule has 18 heteroatoms. The van der Waals surface area contributed by atoms with Crippen LogP contribution in [0.3, 0.4) is 0 Å². The van der Waals surface area contributed by atoms with Crippen molar-refractivity contribution in [2.75, 3.05) is 38.2 Å². The highest BCUT2D eigenvalue weighted by atomic mass is 16.6. The van der Waals surface area contributed by atoms with E-state index in [9.17, 15) is 28.8 Å². The molecule has 3 rings (SSSR count). The summed E-state index contributed by atoms with van der Waals surface area (Å²) in [4.78, 5) is 80.4. The highest BCUT2D eigenvalue weighted by molar-refractivity contribution is 5.87. The highest BCUT2D eigenvalue weighted by Crippen LogP contribution is 2.47. The lowest BCUT2D eigenvalue weighted by Gasteiger charge is -2.47. The molecule has 0 aromatic carbocycles. The largest absolute Gasteiger partial charge is 0.459 e. The van der Waals surface area contributed by atoms with Crippen molar-refractivity contribution in [2.24, 2.45) is 27.4 Å². The maximum absolute atomic E-state index is 13.1. The minimum absolute atomic E-state index is 0.0572. The number of esters is 1. The summed E-state index contributed by atoms with van der Waals surface area (Å²) < 4.78 is 21.0. The van der Waals surface area contributed by atoms with Gasteiger partial charge < -0.3 is 40.2 Å². The zero-order valence-corrected chi connectivity index (χ0v) is 34.1. The van der Waals surface area contributed by atoms with E-state index in [1.54, 1.807) is 13.8 Å². The second-order valence-electron chi connectivity index (χ2n) is 17.5. The van der Waals surface area contributed by atoms with Gasteiger partial charge >= 0.3 is 24.2 Å². The summed E-state index contributed by atoms with van der Waals surface area (Å²) in [6.07, 6.45) is 1.84. The van der Waals surface area contributed by atoms with Crippen LogP contribution in [-0.2, 0) is 28.5 Å². The molecule has 1 aromatic rings. The number of nitrogens with two attached hydrogens (primary N) is 1. The van der Waals surface area contributed by atoms with E-state index < -0.39 is 42.4 Å². The number of anilines is 1. The molecule has 18 nitrogen and oxygen atoms in total. The maximum atomic E-state index is 13.1. The van der Waals surface area contributed by atoms with E-state index in [2.05, 4.69) is 70.8 Å². The number of alkyl carbamates (subject to hydrolysis) is 2. The van der Waals surface area contributed by atoms with Crippen molar-refractivity contribution in [3.63, 3.8) is 0 Å². The van der Waals surface area contributed by atoms with Crippen molar-refractivity contribution >= 4 is 36.0 Å². The summed E-state index contributed by atoms with van der Waals surface area (Å²) in [5, 5.41) is 14.2. The summed E-state index contributed by atoms with van der Waals surface area (Å²) in [6, 6.07) is 0.386. The van der Waals surface area contributed by atoms with Crippen LogP contribution in [0.1, 0.15) is 92.7 Å². The first-order chi connectivity index (χ1) is 26.0. The molecule has 1 heterocycles. The minimum Gasteiger partial charge on any atom is -0.459 e. The Morgan fingerprint density at radius 3 is 1.98 bits per heavy atom. The van der Waals surface area contributed by atoms with E-state index in [1.165, 1.54) is 6.07 Å². The molecule has 2 aliphatic carbocycles. The number of H-pyrrole nitrogens is 1. The van der Waals surface area contributed by atoms with Crippen LogP contribution in [0.15, 0.2) is 23.5 Å². The lowest BCUT2D eigenvalue weighted by molar-refractivity contribution is -0.139.